The molecule has 0 radical (unpaired) electrons. The zero-order valence-corrected chi connectivity index (χ0v) is 26.4. The zero-order chi connectivity index (χ0) is 30.7. The van der Waals surface area contributed by atoms with Crippen LogP contribution in [0.5, 0.6) is 0 Å². The lowest BCUT2D eigenvalue weighted by Crippen LogP contribution is -2.58. The van der Waals surface area contributed by atoms with Gasteiger partial charge in [-0.3, -0.25) is 19.3 Å². The van der Waals surface area contributed by atoms with Gasteiger partial charge in [0.15, 0.2) is 0 Å². The fraction of sp³-hybridized carbons (Fsp3) is 0.636. The number of nitrogens with one attached hydrogen (secondary N) is 1. The Morgan fingerprint density at radius 3 is 2.29 bits per heavy atom. The minimum absolute atomic E-state index is 0.0340. The number of piperidine rings is 1. The topological polar surface area (TPSA) is 96.8 Å². The summed E-state index contributed by atoms with van der Waals surface area (Å²) in [4.78, 5) is 46.4. The first-order chi connectivity index (χ1) is 19.4. The predicted octanol–water partition coefficient (Wildman–Crippen LogP) is 4.76. The van der Waals surface area contributed by atoms with Gasteiger partial charge < -0.3 is 15.1 Å². The molecule has 8 heteroatoms. The minimum Gasteiger partial charge on any atom is -0.343 e. The summed E-state index contributed by atoms with van der Waals surface area (Å²) in [5, 5.41) is 12.3. The molecule has 1 saturated heterocycles. The Morgan fingerprint density at radius 1 is 1.07 bits per heavy atom. The first-order valence-electron chi connectivity index (χ1n) is 15.1. The van der Waals surface area contributed by atoms with Gasteiger partial charge in [-0.15, -0.1) is 0 Å². The van der Waals surface area contributed by atoms with Crippen molar-refractivity contribution in [3.63, 3.8) is 0 Å². The number of likely N-dealkylation sites (N-methyl/N-ethyl adjacent to an activating group) is 1. The van der Waals surface area contributed by atoms with Crippen molar-refractivity contribution in [1.29, 1.82) is 5.26 Å². The van der Waals surface area contributed by atoms with Gasteiger partial charge in [-0.05, 0) is 57.6 Å². The van der Waals surface area contributed by atoms with Crippen molar-refractivity contribution in [2.24, 2.45) is 11.8 Å². The summed E-state index contributed by atoms with van der Waals surface area (Å²) in [5.41, 5.74) is 1.51. The number of hydrogen-bond donors (Lipinski definition) is 1. The molecule has 1 heterocycles. The van der Waals surface area contributed by atoms with Crippen LogP contribution in [0.2, 0.25) is 0 Å². The van der Waals surface area contributed by atoms with E-state index in [-0.39, 0.29) is 54.1 Å². The van der Waals surface area contributed by atoms with E-state index in [9.17, 15) is 14.4 Å². The van der Waals surface area contributed by atoms with Crippen LogP contribution in [0.25, 0.3) is 0 Å². The zero-order valence-electron chi connectivity index (χ0n) is 26.4. The molecular weight excluding hydrogens is 514 g/mol. The van der Waals surface area contributed by atoms with Crippen LogP contribution in [-0.4, -0.2) is 76.7 Å². The molecule has 1 fully saturated rings. The lowest BCUT2D eigenvalue weighted by atomic mass is 9.95. The largest absolute Gasteiger partial charge is 0.343 e. The number of nitriles is 1. The van der Waals surface area contributed by atoms with Crippen LogP contribution in [0.1, 0.15) is 79.7 Å². The summed E-state index contributed by atoms with van der Waals surface area (Å²) in [6.07, 6.45) is 4.98. The van der Waals surface area contributed by atoms with Crippen molar-refractivity contribution in [2.75, 3.05) is 20.1 Å². The molecular formula is C33H51N5O3. The summed E-state index contributed by atoms with van der Waals surface area (Å²) >= 11 is 0. The van der Waals surface area contributed by atoms with Crippen LogP contribution in [0.15, 0.2) is 42.0 Å². The molecule has 3 amide bonds. The summed E-state index contributed by atoms with van der Waals surface area (Å²) in [5.74, 6) is -0.476. The van der Waals surface area contributed by atoms with Crippen molar-refractivity contribution in [3.8, 4) is 6.07 Å². The molecule has 0 saturated carbocycles. The number of amides is 3. The Morgan fingerprint density at radius 2 is 1.73 bits per heavy atom. The average molecular weight is 566 g/mol. The summed E-state index contributed by atoms with van der Waals surface area (Å²) < 4.78 is 0. The Labute approximate surface area is 247 Å². The highest BCUT2D eigenvalue weighted by atomic mass is 16.2. The Bertz CT molecular complexity index is 1080. The van der Waals surface area contributed by atoms with Crippen molar-refractivity contribution >= 4 is 17.7 Å². The van der Waals surface area contributed by atoms with Crippen LogP contribution < -0.4 is 5.32 Å². The number of carbonyl (C=O) groups is 3. The van der Waals surface area contributed by atoms with E-state index in [1.54, 1.807) is 23.8 Å². The second-order valence-electron chi connectivity index (χ2n) is 12.2. The maximum atomic E-state index is 13.9. The van der Waals surface area contributed by atoms with Crippen molar-refractivity contribution in [1.82, 2.24) is 20.0 Å². The number of rotatable bonds is 13. The lowest BCUT2D eigenvalue weighted by Gasteiger charge is -2.39. The molecule has 1 aromatic carbocycles. The molecule has 2 rings (SSSR count). The molecule has 0 spiro atoms. The van der Waals surface area contributed by atoms with Crippen LogP contribution in [0.3, 0.4) is 0 Å². The minimum atomic E-state index is -0.667. The Balaban J connectivity index is 2.25. The van der Waals surface area contributed by atoms with E-state index in [0.29, 0.717) is 18.7 Å². The van der Waals surface area contributed by atoms with Gasteiger partial charge in [-0.1, -0.05) is 70.5 Å². The molecule has 0 aromatic heterocycles. The lowest BCUT2D eigenvalue weighted by molar-refractivity contribution is -0.140. The normalized spacial score (nSPS) is 17.7. The molecule has 1 aliphatic rings. The second-order valence-corrected chi connectivity index (χ2v) is 12.2. The van der Waals surface area contributed by atoms with Crippen LogP contribution in [-0.2, 0) is 20.9 Å². The molecule has 1 unspecified atom stereocenters. The summed E-state index contributed by atoms with van der Waals surface area (Å²) in [6.45, 7) is 15.5. The Hall–Kier alpha value is -3.18. The van der Waals surface area contributed by atoms with E-state index in [1.165, 1.54) is 0 Å². The van der Waals surface area contributed by atoms with Crippen molar-refractivity contribution in [3.05, 3.63) is 47.5 Å². The quantitative estimate of drug-likeness (QED) is 0.348. The third-order valence-corrected chi connectivity index (χ3v) is 7.97. The molecule has 3 atom stereocenters. The smallest absolute Gasteiger partial charge is 0.249 e. The number of carbonyl (C=O) groups excluding carboxylic acids is 3. The van der Waals surface area contributed by atoms with Crippen molar-refractivity contribution < 1.29 is 14.4 Å². The summed E-state index contributed by atoms with van der Waals surface area (Å²) in [6, 6.07) is 10.9. The molecule has 8 nitrogen and oxygen atoms in total. The third kappa shape index (κ3) is 9.71. The van der Waals surface area contributed by atoms with Gasteiger partial charge in [-0.2, -0.15) is 5.26 Å². The molecule has 0 aliphatic carbocycles. The first-order valence-corrected chi connectivity index (χ1v) is 15.1. The molecule has 226 valence electrons. The second kappa shape index (κ2) is 16.3. The third-order valence-electron chi connectivity index (χ3n) is 7.97. The molecule has 1 aliphatic heterocycles. The van der Waals surface area contributed by atoms with Gasteiger partial charge >= 0.3 is 0 Å². The van der Waals surface area contributed by atoms with E-state index >= 15 is 0 Å². The van der Waals surface area contributed by atoms with Crippen LogP contribution in [0, 0.1) is 23.2 Å². The molecule has 41 heavy (non-hydrogen) atoms. The highest BCUT2D eigenvalue weighted by Gasteiger charge is 2.36. The van der Waals surface area contributed by atoms with Gasteiger partial charge in [0.05, 0.1) is 24.6 Å². The monoisotopic (exact) mass is 565 g/mol. The fourth-order valence-corrected chi connectivity index (χ4v) is 5.55. The van der Waals surface area contributed by atoms with E-state index < -0.39 is 6.04 Å². The van der Waals surface area contributed by atoms with Gasteiger partial charge in [0.1, 0.15) is 6.04 Å². The molecule has 0 bridgehead atoms. The summed E-state index contributed by atoms with van der Waals surface area (Å²) in [7, 11) is 1.75. The standard InChI is InChI=1S/C33H51N5O3/c1-23(2)29(21-26(7)32(40)37(19-14-18-34)22-27-15-10-9-11-16-27)36(8)33(41)30(24(3)4)35-31(39)28-17-12-13-20-38(28)25(5)6/h9-11,15-16,21,23-25,28-30H,12-14,17,19-20,22H2,1-8H3,(H,35,39)/b26-21+/t28-,29?,30+/m1/s1. The number of benzene rings is 1. The first kappa shape index (κ1) is 34.0. The van der Waals surface area contributed by atoms with Crippen molar-refractivity contribution in [2.45, 2.75) is 105 Å². The highest BCUT2D eigenvalue weighted by Crippen LogP contribution is 2.22. The van der Waals surface area contributed by atoms with E-state index in [1.807, 2.05) is 64.1 Å². The highest BCUT2D eigenvalue weighted by molar-refractivity contribution is 5.93. The number of nitrogens with zero attached hydrogens (tertiary/aromatic N) is 4. The predicted molar refractivity (Wildman–Crippen MR) is 163 cm³/mol. The van der Waals surface area contributed by atoms with Gasteiger partial charge in [0, 0.05) is 31.8 Å². The van der Waals surface area contributed by atoms with E-state index in [0.717, 1.165) is 31.4 Å². The van der Waals surface area contributed by atoms with E-state index in [4.69, 9.17) is 5.26 Å². The molecule has 1 N–H and O–H groups in total. The van der Waals surface area contributed by atoms with Crippen LogP contribution in [0.4, 0.5) is 0 Å². The maximum absolute atomic E-state index is 13.9. The average Bonchev–Trinajstić information content (AvgIpc) is 2.95. The number of hydrogen-bond acceptors (Lipinski definition) is 5. The molecule has 1 aromatic rings. The van der Waals surface area contributed by atoms with Crippen LogP contribution >= 0.6 is 0 Å². The van der Waals surface area contributed by atoms with Gasteiger partial charge in [-0.25, -0.2) is 0 Å². The SMILES string of the molecule is C/C(=C\C(C(C)C)N(C)C(=O)[C@@H](NC(=O)[C@H]1CCCCN1C(C)C)C(C)C)C(=O)N(CCC#N)Cc1ccccc1. The van der Waals surface area contributed by atoms with Gasteiger partial charge in [0.25, 0.3) is 0 Å². The van der Waals surface area contributed by atoms with E-state index in [2.05, 4.69) is 30.1 Å². The maximum Gasteiger partial charge on any atom is 0.249 e. The van der Waals surface area contributed by atoms with Gasteiger partial charge in [0.2, 0.25) is 17.7 Å². The fourth-order valence-electron chi connectivity index (χ4n) is 5.55. The Kier molecular flexibility index (Phi) is 13.5. The number of likely N-dealkylation sites (tertiary alicyclic amines) is 1.